The van der Waals surface area contributed by atoms with Gasteiger partial charge >= 0.3 is 0 Å². The number of hydrogen-bond donors (Lipinski definition) is 2. The first kappa shape index (κ1) is 23.1. The number of benzene rings is 1. The van der Waals surface area contributed by atoms with Gasteiger partial charge in [0.2, 0.25) is 5.91 Å². The molecule has 3 rings (SSSR count). The van der Waals surface area contributed by atoms with Crippen LogP contribution in [0.4, 0.5) is 0 Å². The van der Waals surface area contributed by atoms with Crippen LogP contribution >= 0.6 is 48.0 Å². The zero-order valence-corrected chi connectivity index (χ0v) is 17.1. The Hall–Kier alpha value is -0.980. The predicted octanol–water partition coefficient (Wildman–Crippen LogP) is 4.29. The van der Waals surface area contributed by atoms with Gasteiger partial charge in [0.1, 0.15) is 0 Å². The predicted molar refractivity (Wildman–Crippen MR) is 109 cm³/mol. The zero-order chi connectivity index (χ0) is 16.9. The summed E-state index contributed by atoms with van der Waals surface area (Å²) in [5.74, 6) is 1.10. The summed E-state index contributed by atoms with van der Waals surface area (Å²) in [6.07, 6.45) is 4.71. The van der Waals surface area contributed by atoms with Crippen LogP contribution in [0.1, 0.15) is 25.2 Å². The minimum Gasteiger partial charge on any atom is -0.441 e. The Bertz CT molecular complexity index is 718. The second kappa shape index (κ2) is 11.0. The average molecular weight is 441 g/mol. The average Bonchev–Trinajstić information content (AvgIpc) is 3.22. The maximum absolute atomic E-state index is 11.9. The van der Waals surface area contributed by atoms with Gasteiger partial charge in [0, 0.05) is 36.0 Å². The number of carbonyl (C=O) groups excluding carboxylic acids is 1. The molecule has 2 N–H and O–H groups in total. The van der Waals surface area contributed by atoms with Gasteiger partial charge in [0.15, 0.2) is 11.7 Å². The molecule has 0 saturated carbocycles. The maximum Gasteiger partial charge on any atom is 0.220 e. The number of carbonyl (C=O) groups is 1. The van der Waals surface area contributed by atoms with Crippen molar-refractivity contribution in [1.29, 1.82) is 0 Å². The molecule has 0 radical (unpaired) electrons. The van der Waals surface area contributed by atoms with E-state index < -0.39 is 0 Å². The van der Waals surface area contributed by atoms with E-state index in [9.17, 15) is 4.79 Å². The number of aryl methyl sites for hydroxylation is 1. The van der Waals surface area contributed by atoms with Gasteiger partial charge < -0.3 is 15.1 Å². The summed E-state index contributed by atoms with van der Waals surface area (Å²) >= 11 is 12.1. The van der Waals surface area contributed by atoms with E-state index in [4.69, 9.17) is 27.6 Å². The van der Waals surface area contributed by atoms with Crippen molar-refractivity contribution in [2.45, 2.75) is 31.7 Å². The normalized spacial score (nSPS) is 15.8. The van der Waals surface area contributed by atoms with Crippen LogP contribution in [0.15, 0.2) is 28.8 Å². The smallest absolute Gasteiger partial charge is 0.220 e. The van der Waals surface area contributed by atoms with Crippen molar-refractivity contribution in [2.24, 2.45) is 0 Å². The lowest BCUT2D eigenvalue weighted by Gasteiger charge is -2.10. The molecule has 0 bridgehead atoms. The Labute approximate surface area is 175 Å². The van der Waals surface area contributed by atoms with E-state index in [-0.39, 0.29) is 30.7 Å². The molecule has 2 aromatic rings. The molecule has 26 heavy (non-hydrogen) atoms. The summed E-state index contributed by atoms with van der Waals surface area (Å²) in [5.41, 5.74) is 0.733. The highest BCUT2D eigenvalue weighted by atomic mass is 35.5. The molecule has 9 heteroatoms. The van der Waals surface area contributed by atoms with Crippen molar-refractivity contribution < 1.29 is 9.21 Å². The van der Waals surface area contributed by atoms with E-state index >= 15 is 0 Å². The van der Waals surface area contributed by atoms with Gasteiger partial charge in [-0.2, -0.15) is 0 Å². The molecule has 1 aliphatic heterocycles. The first-order chi connectivity index (χ1) is 11.6. The second-order valence-corrected chi connectivity index (χ2v) is 6.68. The number of oxazole rings is 1. The van der Waals surface area contributed by atoms with Crippen molar-refractivity contribution >= 4 is 53.9 Å². The minimum absolute atomic E-state index is 0. The van der Waals surface area contributed by atoms with E-state index in [0.717, 1.165) is 18.5 Å². The Morgan fingerprint density at radius 3 is 2.85 bits per heavy atom. The molecular formula is C17H21Cl4N3O2. The van der Waals surface area contributed by atoms with E-state index in [1.165, 1.54) is 6.42 Å². The fourth-order valence-electron chi connectivity index (χ4n) is 2.72. The standard InChI is InChI=1S/C17H19Cl2N3O2.2ClH/c18-11-3-4-13(14(19)8-11)15-10-22-17(24-15)6-5-16(23)21-9-12-2-1-7-20-12;;/h3-4,8,10,12,20H,1-2,5-7,9H2,(H,21,23);2*1H. The molecule has 5 nitrogen and oxygen atoms in total. The van der Waals surface area contributed by atoms with Gasteiger partial charge in [-0.3, -0.25) is 4.79 Å². The number of halogens is 4. The largest absolute Gasteiger partial charge is 0.441 e. The number of amides is 1. The van der Waals surface area contributed by atoms with Crippen molar-refractivity contribution in [2.75, 3.05) is 13.1 Å². The molecule has 144 valence electrons. The molecule has 1 atom stereocenters. The molecule has 0 spiro atoms. The number of nitrogens with one attached hydrogen (secondary N) is 2. The molecular weight excluding hydrogens is 420 g/mol. The molecule has 0 aliphatic carbocycles. The van der Waals surface area contributed by atoms with Crippen molar-refractivity contribution in [1.82, 2.24) is 15.6 Å². The number of rotatable bonds is 6. The highest BCUT2D eigenvalue weighted by Gasteiger charge is 2.15. The van der Waals surface area contributed by atoms with Crippen LogP contribution in [-0.4, -0.2) is 30.0 Å². The number of nitrogens with zero attached hydrogens (tertiary/aromatic N) is 1. The molecule has 1 fully saturated rings. The first-order valence-corrected chi connectivity index (χ1v) is 8.77. The van der Waals surface area contributed by atoms with Gasteiger partial charge in [-0.05, 0) is 37.6 Å². The Morgan fingerprint density at radius 1 is 1.35 bits per heavy atom. The van der Waals surface area contributed by atoms with E-state index in [1.54, 1.807) is 24.4 Å². The monoisotopic (exact) mass is 439 g/mol. The third-order valence-electron chi connectivity index (χ3n) is 4.02. The highest BCUT2D eigenvalue weighted by molar-refractivity contribution is 6.36. The van der Waals surface area contributed by atoms with Crippen molar-refractivity contribution in [3.05, 3.63) is 40.3 Å². The van der Waals surface area contributed by atoms with Crippen molar-refractivity contribution in [3.8, 4) is 11.3 Å². The SMILES string of the molecule is Cl.Cl.O=C(CCc1ncc(-c2ccc(Cl)cc2Cl)o1)NCC1CCCN1. The van der Waals surface area contributed by atoms with Gasteiger partial charge in [0.25, 0.3) is 0 Å². The van der Waals surface area contributed by atoms with Gasteiger partial charge in [-0.1, -0.05) is 23.2 Å². The van der Waals surface area contributed by atoms with E-state index in [1.807, 2.05) is 0 Å². The van der Waals surface area contributed by atoms with Crippen molar-refractivity contribution in [3.63, 3.8) is 0 Å². The Morgan fingerprint density at radius 2 is 2.15 bits per heavy atom. The van der Waals surface area contributed by atoms with Crippen LogP contribution in [0.25, 0.3) is 11.3 Å². The third kappa shape index (κ3) is 6.32. The summed E-state index contributed by atoms with van der Waals surface area (Å²) in [7, 11) is 0. The summed E-state index contributed by atoms with van der Waals surface area (Å²) < 4.78 is 5.69. The Balaban J connectivity index is 0.00000169. The number of aromatic nitrogens is 1. The van der Waals surface area contributed by atoms with Crippen LogP contribution < -0.4 is 10.6 Å². The Kier molecular flexibility index (Phi) is 9.75. The van der Waals surface area contributed by atoms with E-state index in [2.05, 4.69) is 15.6 Å². The molecule has 1 aromatic heterocycles. The van der Waals surface area contributed by atoms with Gasteiger partial charge in [-0.15, -0.1) is 24.8 Å². The summed E-state index contributed by atoms with van der Waals surface area (Å²) in [6.45, 7) is 1.71. The quantitative estimate of drug-likeness (QED) is 0.702. The zero-order valence-electron chi connectivity index (χ0n) is 14.0. The van der Waals surface area contributed by atoms with Crippen LogP contribution in [0.5, 0.6) is 0 Å². The van der Waals surface area contributed by atoms with Crippen LogP contribution in [0.3, 0.4) is 0 Å². The molecule has 1 unspecified atom stereocenters. The number of hydrogen-bond acceptors (Lipinski definition) is 4. The molecule has 1 amide bonds. The fourth-order valence-corrected chi connectivity index (χ4v) is 3.22. The molecule has 1 saturated heterocycles. The van der Waals surface area contributed by atoms with Crippen LogP contribution in [0, 0.1) is 0 Å². The molecule has 1 aliphatic rings. The second-order valence-electron chi connectivity index (χ2n) is 5.84. The topological polar surface area (TPSA) is 67.2 Å². The van der Waals surface area contributed by atoms with Gasteiger partial charge in [0.05, 0.1) is 11.2 Å². The lowest BCUT2D eigenvalue weighted by molar-refractivity contribution is -0.121. The summed E-state index contributed by atoms with van der Waals surface area (Å²) in [5, 5.41) is 7.36. The lowest BCUT2D eigenvalue weighted by atomic mass is 10.2. The molecule has 2 heterocycles. The summed E-state index contributed by atoms with van der Waals surface area (Å²) in [6, 6.07) is 5.59. The highest BCUT2D eigenvalue weighted by Crippen LogP contribution is 2.30. The van der Waals surface area contributed by atoms with Crippen LogP contribution in [0.2, 0.25) is 10.0 Å². The first-order valence-electron chi connectivity index (χ1n) is 8.02. The maximum atomic E-state index is 11.9. The third-order valence-corrected chi connectivity index (χ3v) is 4.57. The minimum atomic E-state index is 0. The lowest BCUT2D eigenvalue weighted by Crippen LogP contribution is -2.37. The van der Waals surface area contributed by atoms with E-state index in [0.29, 0.717) is 47.1 Å². The summed E-state index contributed by atoms with van der Waals surface area (Å²) in [4.78, 5) is 16.1. The van der Waals surface area contributed by atoms with Gasteiger partial charge in [-0.25, -0.2) is 4.98 Å². The fraction of sp³-hybridized carbons (Fsp3) is 0.412. The van der Waals surface area contributed by atoms with Crippen LogP contribution in [-0.2, 0) is 11.2 Å². The molecule has 1 aromatic carbocycles.